The van der Waals surface area contributed by atoms with Crippen molar-refractivity contribution in [1.29, 1.82) is 0 Å². The number of guanidine groups is 1. The summed E-state index contributed by atoms with van der Waals surface area (Å²) in [5.74, 6) is 3.08. The maximum absolute atomic E-state index is 6.04. The van der Waals surface area contributed by atoms with Gasteiger partial charge in [-0.25, -0.2) is 0 Å². The summed E-state index contributed by atoms with van der Waals surface area (Å²) < 4.78 is 8.00. The van der Waals surface area contributed by atoms with Gasteiger partial charge in [0.05, 0.1) is 13.2 Å². The van der Waals surface area contributed by atoms with Crippen LogP contribution in [0.25, 0.3) is 5.65 Å². The van der Waals surface area contributed by atoms with Gasteiger partial charge in [0.1, 0.15) is 5.75 Å². The highest BCUT2D eigenvalue weighted by Crippen LogP contribution is 2.21. The Balaban J connectivity index is 1.59. The average molecular weight is 395 g/mol. The molecule has 154 valence electrons. The van der Waals surface area contributed by atoms with Gasteiger partial charge in [-0.3, -0.25) is 9.39 Å². The molecule has 29 heavy (non-hydrogen) atoms. The molecule has 3 rings (SSSR count). The zero-order valence-electron chi connectivity index (χ0n) is 17.6. The first-order chi connectivity index (χ1) is 14.1. The normalized spacial score (nSPS) is 11.8. The molecule has 7 nitrogen and oxygen atoms in total. The topological polar surface area (TPSA) is 75.8 Å². The molecular formula is C22H30N6O. The first-order valence-electron chi connectivity index (χ1n) is 10.0. The molecule has 0 saturated carbocycles. The summed E-state index contributed by atoms with van der Waals surface area (Å²) in [7, 11) is 1.76. The lowest BCUT2D eigenvalue weighted by Gasteiger charge is -2.16. The van der Waals surface area contributed by atoms with Gasteiger partial charge < -0.3 is 15.4 Å². The van der Waals surface area contributed by atoms with Gasteiger partial charge in [-0.05, 0) is 43.0 Å². The lowest BCUT2D eigenvalue weighted by atomic mass is 10.1. The minimum atomic E-state index is 0.524. The van der Waals surface area contributed by atoms with E-state index in [0.717, 1.165) is 35.8 Å². The predicted molar refractivity (Wildman–Crippen MR) is 116 cm³/mol. The molecule has 2 N–H and O–H groups in total. The Morgan fingerprint density at radius 1 is 1.14 bits per heavy atom. The molecule has 2 heterocycles. The van der Waals surface area contributed by atoms with E-state index in [9.17, 15) is 0 Å². The Kier molecular flexibility index (Phi) is 7.05. The van der Waals surface area contributed by atoms with Crippen molar-refractivity contribution in [2.75, 3.05) is 13.7 Å². The van der Waals surface area contributed by atoms with Crippen molar-refractivity contribution in [1.82, 2.24) is 25.2 Å². The van der Waals surface area contributed by atoms with E-state index in [1.807, 2.05) is 28.8 Å². The molecule has 1 aromatic carbocycles. The highest BCUT2D eigenvalue weighted by molar-refractivity contribution is 5.79. The van der Waals surface area contributed by atoms with E-state index in [4.69, 9.17) is 4.74 Å². The van der Waals surface area contributed by atoms with Crippen molar-refractivity contribution < 1.29 is 4.74 Å². The molecule has 0 aliphatic heterocycles. The number of aromatic nitrogens is 3. The van der Waals surface area contributed by atoms with Crippen LogP contribution in [-0.4, -0.2) is 34.2 Å². The average Bonchev–Trinajstić information content (AvgIpc) is 3.12. The van der Waals surface area contributed by atoms with Crippen LogP contribution in [-0.2, 0) is 13.1 Å². The summed E-state index contributed by atoms with van der Waals surface area (Å²) in [4.78, 5) is 4.31. The van der Waals surface area contributed by atoms with E-state index in [1.165, 1.54) is 5.56 Å². The Morgan fingerprint density at radius 3 is 2.76 bits per heavy atom. The minimum absolute atomic E-state index is 0.524. The van der Waals surface area contributed by atoms with Gasteiger partial charge >= 0.3 is 0 Å². The number of hydrogen-bond donors (Lipinski definition) is 2. The highest BCUT2D eigenvalue weighted by Gasteiger charge is 2.08. The number of pyridine rings is 1. The number of nitrogens with one attached hydrogen (secondary N) is 2. The van der Waals surface area contributed by atoms with Crippen molar-refractivity contribution in [3.05, 3.63) is 59.5 Å². The van der Waals surface area contributed by atoms with Gasteiger partial charge in [0.15, 0.2) is 17.4 Å². The summed E-state index contributed by atoms with van der Waals surface area (Å²) in [5.41, 5.74) is 3.12. The number of ether oxygens (including phenoxy) is 1. The monoisotopic (exact) mass is 394 g/mol. The minimum Gasteiger partial charge on any atom is -0.493 e. The Bertz CT molecular complexity index is 963. The van der Waals surface area contributed by atoms with Gasteiger partial charge in [0.25, 0.3) is 0 Å². The number of nitrogens with zero attached hydrogens (tertiary/aromatic N) is 4. The standard InChI is InChI=1S/C22H30N6O/c1-16(2)10-12-29-19-13-17(3)8-9-18(19)14-24-22(23-4)25-15-21-27-26-20-7-5-6-11-28(20)21/h5-9,11,13,16H,10,12,14-15H2,1-4H3,(H2,23,24,25). The Morgan fingerprint density at radius 2 is 1.97 bits per heavy atom. The van der Waals surface area contributed by atoms with Crippen LogP contribution in [0, 0.1) is 12.8 Å². The molecule has 0 amide bonds. The fourth-order valence-electron chi connectivity index (χ4n) is 2.92. The number of aliphatic imine (C=N–C) groups is 1. The maximum Gasteiger partial charge on any atom is 0.191 e. The van der Waals surface area contributed by atoms with Crippen molar-refractivity contribution in [2.45, 2.75) is 40.3 Å². The van der Waals surface area contributed by atoms with Crippen LogP contribution in [0.5, 0.6) is 5.75 Å². The number of aryl methyl sites for hydroxylation is 1. The van der Waals surface area contributed by atoms with E-state index in [-0.39, 0.29) is 0 Å². The van der Waals surface area contributed by atoms with Gasteiger partial charge in [0, 0.05) is 25.4 Å². The first-order valence-corrected chi connectivity index (χ1v) is 10.0. The summed E-state index contributed by atoms with van der Waals surface area (Å²) >= 11 is 0. The third-order valence-electron chi connectivity index (χ3n) is 4.64. The summed E-state index contributed by atoms with van der Waals surface area (Å²) in [6, 6.07) is 12.1. The molecule has 0 radical (unpaired) electrons. The molecule has 0 fully saturated rings. The number of hydrogen-bond acceptors (Lipinski definition) is 4. The van der Waals surface area contributed by atoms with Crippen molar-refractivity contribution >= 4 is 11.6 Å². The number of rotatable bonds is 8. The van der Waals surface area contributed by atoms with Crippen LogP contribution < -0.4 is 15.4 Å². The molecule has 3 aromatic rings. The quantitative estimate of drug-likeness (QED) is 0.453. The third kappa shape index (κ3) is 5.70. The molecule has 0 unspecified atom stereocenters. The maximum atomic E-state index is 6.04. The van der Waals surface area contributed by atoms with Crippen LogP contribution in [0.1, 0.15) is 37.2 Å². The number of benzene rings is 1. The SMILES string of the molecule is CN=C(NCc1ccc(C)cc1OCCC(C)C)NCc1nnc2ccccn12. The lowest BCUT2D eigenvalue weighted by Crippen LogP contribution is -2.36. The van der Waals surface area contributed by atoms with Gasteiger partial charge in [0.2, 0.25) is 0 Å². The predicted octanol–water partition coefficient (Wildman–Crippen LogP) is 3.33. The smallest absolute Gasteiger partial charge is 0.191 e. The molecule has 0 saturated heterocycles. The zero-order chi connectivity index (χ0) is 20.6. The zero-order valence-corrected chi connectivity index (χ0v) is 17.6. The van der Waals surface area contributed by atoms with E-state index in [1.54, 1.807) is 7.05 Å². The fraction of sp³-hybridized carbons (Fsp3) is 0.409. The van der Waals surface area contributed by atoms with Gasteiger partial charge in [-0.2, -0.15) is 0 Å². The van der Waals surface area contributed by atoms with Crippen molar-refractivity contribution in [2.24, 2.45) is 10.9 Å². The first kappa shape index (κ1) is 20.6. The van der Waals surface area contributed by atoms with Gasteiger partial charge in [-0.1, -0.05) is 32.0 Å². The third-order valence-corrected chi connectivity index (χ3v) is 4.64. The second-order valence-corrected chi connectivity index (χ2v) is 7.47. The van der Waals surface area contributed by atoms with Crippen molar-refractivity contribution in [3.8, 4) is 5.75 Å². The summed E-state index contributed by atoms with van der Waals surface area (Å²) in [6.45, 7) is 8.36. The molecular weight excluding hydrogens is 364 g/mol. The van der Waals surface area contributed by atoms with Crippen LogP contribution in [0.15, 0.2) is 47.6 Å². The second-order valence-electron chi connectivity index (χ2n) is 7.47. The highest BCUT2D eigenvalue weighted by atomic mass is 16.5. The summed E-state index contributed by atoms with van der Waals surface area (Å²) in [5, 5.41) is 15.1. The van der Waals surface area contributed by atoms with E-state index < -0.39 is 0 Å². The molecule has 0 aliphatic carbocycles. The van der Waals surface area contributed by atoms with Crippen LogP contribution >= 0.6 is 0 Å². The molecule has 0 bridgehead atoms. The molecule has 0 atom stereocenters. The van der Waals surface area contributed by atoms with Crippen molar-refractivity contribution in [3.63, 3.8) is 0 Å². The Hall–Kier alpha value is -3.09. The van der Waals surface area contributed by atoms with Crippen LogP contribution in [0.3, 0.4) is 0 Å². The molecule has 2 aromatic heterocycles. The van der Waals surface area contributed by atoms with Gasteiger partial charge in [-0.15, -0.1) is 10.2 Å². The van der Waals surface area contributed by atoms with E-state index in [2.05, 4.69) is 64.8 Å². The van der Waals surface area contributed by atoms with Crippen LogP contribution in [0.2, 0.25) is 0 Å². The largest absolute Gasteiger partial charge is 0.493 e. The summed E-state index contributed by atoms with van der Waals surface area (Å²) in [6.07, 6.45) is 2.99. The van der Waals surface area contributed by atoms with Crippen LogP contribution in [0.4, 0.5) is 0 Å². The second kappa shape index (κ2) is 9.91. The van der Waals surface area contributed by atoms with E-state index in [0.29, 0.717) is 25.0 Å². The molecule has 7 heteroatoms. The lowest BCUT2D eigenvalue weighted by molar-refractivity contribution is 0.286. The van der Waals surface area contributed by atoms with E-state index >= 15 is 0 Å². The fourth-order valence-corrected chi connectivity index (χ4v) is 2.92. The Labute approximate surface area is 172 Å². The number of fused-ring (bicyclic) bond motifs is 1. The molecule has 0 aliphatic rings. The molecule has 0 spiro atoms.